The van der Waals surface area contributed by atoms with E-state index in [9.17, 15) is 0 Å². The van der Waals surface area contributed by atoms with Gasteiger partial charge >= 0.3 is 0 Å². The van der Waals surface area contributed by atoms with Crippen LogP contribution in [0.4, 0.5) is 0 Å². The average Bonchev–Trinajstić information content (AvgIpc) is 2.44. The lowest BCUT2D eigenvalue weighted by Gasteiger charge is -2.37. The number of hydrogen-bond donors (Lipinski definition) is 1. The number of nitrogens with zero attached hydrogens (tertiary/aromatic N) is 1. The van der Waals surface area contributed by atoms with Gasteiger partial charge in [0.05, 0.1) is 0 Å². The molecule has 0 amide bonds. The van der Waals surface area contributed by atoms with E-state index in [-0.39, 0.29) is 5.54 Å². The highest BCUT2D eigenvalue weighted by Crippen LogP contribution is 2.15. The third-order valence-corrected chi connectivity index (χ3v) is 4.52. The van der Waals surface area contributed by atoms with Gasteiger partial charge in [0.25, 0.3) is 0 Å². The van der Waals surface area contributed by atoms with Gasteiger partial charge in [-0.05, 0) is 33.4 Å². The van der Waals surface area contributed by atoms with E-state index in [2.05, 4.69) is 32.6 Å². The van der Waals surface area contributed by atoms with Crippen molar-refractivity contribution in [2.24, 2.45) is 5.73 Å². The molecule has 0 fully saturated rings. The topological polar surface area (TPSA) is 29.3 Å². The van der Waals surface area contributed by atoms with Crippen LogP contribution in [0.15, 0.2) is 0 Å². The summed E-state index contributed by atoms with van der Waals surface area (Å²) in [5, 5.41) is 0. The van der Waals surface area contributed by atoms with Crippen LogP contribution in [0.25, 0.3) is 0 Å². The normalized spacial score (nSPS) is 12.3. The van der Waals surface area contributed by atoms with Gasteiger partial charge in [-0.25, -0.2) is 0 Å². The minimum absolute atomic E-state index is 0.161. The van der Waals surface area contributed by atoms with Gasteiger partial charge in [0.15, 0.2) is 0 Å². The number of hydrogen-bond acceptors (Lipinski definition) is 2. The Labute approximate surface area is 128 Å². The molecule has 0 rings (SSSR count). The van der Waals surface area contributed by atoms with E-state index in [1.807, 2.05) is 0 Å². The van der Waals surface area contributed by atoms with Crippen LogP contribution in [0.3, 0.4) is 0 Å². The third-order valence-electron chi connectivity index (χ3n) is 4.52. The van der Waals surface area contributed by atoms with Crippen molar-refractivity contribution in [2.45, 2.75) is 97.4 Å². The molecule has 0 aromatic rings. The van der Waals surface area contributed by atoms with Crippen molar-refractivity contribution in [1.29, 1.82) is 0 Å². The highest BCUT2D eigenvalue weighted by atomic mass is 15.2. The van der Waals surface area contributed by atoms with Gasteiger partial charge in [-0.15, -0.1) is 0 Å². The molecule has 122 valence electrons. The molecular formula is C18H40N2. The van der Waals surface area contributed by atoms with E-state index in [4.69, 9.17) is 5.73 Å². The zero-order chi connectivity index (χ0) is 15.3. The molecule has 0 aliphatic rings. The van der Waals surface area contributed by atoms with Crippen LogP contribution in [-0.4, -0.2) is 30.1 Å². The summed E-state index contributed by atoms with van der Waals surface area (Å²) in [7, 11) is 0. The van der Waals surface area contributed by atoms with Crippen molar-refractivity contribution in [3.8, 4) is 0 Å². The lowest BCUT2D eigenvalue weighted by molar-refractivity contribution is 0.131. The van der Waals surface area contributed by atoms with Crippen molar-refractivity contribution in [3.05, 3.63) is 0 Å². The smallest absolute Gasteiger partial charge is 0.0275 e. The summed E-state index contributed by atoms with van der Waals surface area (Å²) in [6.07, 6.45) is 14.1. The molecule has 20 heavy (non-hydrogen) atoms. The Hall–Kier alpha value is -0.0800. The Balaban J connectivity index is 3.43. The maximum absolute atomic E-state index is 5.86. The molecule has 2 heteroatoms. The minimum Gasteiger partial charge on any atom is -0.329 e. The number of unbranched alkanes of at least 4 members (excludes halogenated alkanes) is 9. The predicted molar refractivity (Wildman–Crippen MR) is 92.2 cm³/mol. The molecule has 0 aromatic carbocycles. The first-order valence-corrected chi connectivity index (χ1v) is 9.03. The Morgan fingerprint density at radius 3 is 1.60 bits per heavy atom. The second kappa shape index (κ2) is 12.6. The quantitative estimate of drug-likeness (QED) is 0.456. The number of likely N-dealkylation sites (N-methyl/N-ethyl adjacent to an activating group) is 1. The summed E-state index contributed by atoms with van der Waals surface area (Å²) in [6, 6.07) is 0. The fourth-order valence-electron chi connectivity index (χ4n) is 2.81. The Morgan fingerprint density at radius 1 is 0.750 bits per heavy atom. The number of rotatable bonds is 14. The van der Waals surface area contributed by atoms with Crippen LogP contribution in [0.2, 0.25) is 0 Å². The predicted octanol–water partition coefficient (Wildman–Crippen LogP) is 4.97. The molecule has 0 saturated carbocycles. The van der Waals surface area contributed by atoms with E-state index in [0.717, 1.165) is 13.1 Å². The van der Waals surface area contributed by atoms with Crippen molar-refractivity contribution in [1.82, 2.24) is 4.90 Å². The first-order valence-electron chi connectivity index (χ1n) is 9.03. The molecule has 0 heterocycles. The Morgan fingerprint density at radius 2 is 1.20 bits per heavy atom. The Kier molecular flexibility index (Phi) is 12.6. The summed E-state index contributed by atoms with van der Waals surface area (Å²) >= 11 is 0. The SMILES string of the molecule is CCCCCCCCCCCCN(CC)C(C)(C)CN. The van der Waals surface area contributed by atoms with Gasteiger partial charge in [-0.1, -0.05) is 71.6 Å². The fourth-order valence-corrected chi connectivity index (χ4v) is 2.81. The second-order valence-electron chi connectivity index (χ2n) is 6.78. The van der Waals surface area contributed by atoms with Crippen molar-refractivity contribution < 1.29 is 0 Å². The highest BCUT2D eigenvalue weighted by Gasteiger charge is 2.22. The third kappa shape index (κ3) is 9.77. The van der Waals surface area contributed by atoms with Crippen molar-refractivity contribution >= 4 is 0 Å². The molecule has 0 spiro atoms. The van der Waals surface area contributed by atoms with Gasteiger partial charge in [-0.2, -0.15) is 0 Å². The molecular weight excluding hydrogens is 244 g/mol. The van der Waals surface area contributed by atoms with Gasteiger partial charge in [0, 0.05) is 12.1 Å². The minimum atomic E-state index is 0.161. The molecule has 0 aliphatic heterocycles. The molecule has 0 radical (unpaired) electrons. The van der Waals surface area contributed by atoms with E-state index in [0.29, 0.717) is 0 Å². The van der Waals surface area contributed by atoms with Gasteiger partial charge < -0.3 is 5.73 Å². The average molecular weight is 285 g/mol. The second-order valence-corrected chi connectivity index (χ2v) is 6.78. The Bertz CT molecular complexity index is 202. The lowest BCUT2D eigenvalue weighted by atomic mass is 10.0. The first kappa shape index (κ1) is 19.9. The standard InChI is InChI=1S/C18H40N2/c1-5-7-8-9-10-11-12-13-14-15-16-20(6-2)18(3,4)17-19/h5-17,19H2,1-4H3. The molecule has 0 saturated heterocycles. The van der Waals surface area contributed by atoms with Crippen LogP contribution in [-0.2, 0) is 0 Å². The number of nitrogens with two attached hydrogens (primary N) is 1. The summed E-state index contributed by atoms with van der Waals surface area (Å²) in [5.74, 6) is 0. The molecule has 2 nitrogen and oxygen atoms in total. The molecule has 0 aromatic heterocycles. The van der Waals surface area contributed by atoms with Crippen LogP contribution in [0, 0.1) is 0 Å². The van der Waals surface area contributed by atoms with E-state index < -0.39 is 0 Å². The van der Waals surface area contributed by atoms with Gasteiger partial charge in [0.1, 0.15) is 0 Å². The fraction of sp³-hybridized carbons (Fsp3) is 1.00. The van der Waals surface area contributed by atoms with E-state index in [1.54, 1.807) is 0 Å². The summed E-state index contributed by atoms with van der Waals surface area (Å²) in [4.78, 5) is 2.53. The monoisotopic (exact) mass is 284 g/mol. The van der Waals surface area contributed by atoms with Crippen molar-refractivity contribution in [2.75, 3.05) is 19.6 Å². The lowest BCUT2D eigenvalue weighted by Crippen LogP contribution is -2.49. The van der Waals surface area contributed by atoms with Crippen molar-refractivity contribution in [3.63, 3.8) is 0 Å². The van der Waals surface area contributed by atoms with Crippen LogP contribution < -0.4 is 5.73 Å². The zero-order valence-corrected chi connectivity index (χ0v) is 14.7. The highest BCUT2D eigenvalue weighted by molar-refractivity contribution is 4.81. The molecule has 0 bridgehead atoms. The molecule has 0 unspecified atom stereocenters. The van der Waals surface area contributed by atoms with Crippen LogP contribution in [0.5, 0.6) is 0 Å². The molecule has 0 aliphatic carbocycles. The zero-order valence-electron chi connectivity index (χ0n) is 14.7. The summed E-state index contributed by atoms with van der Waals surface area (Å²) in [5.41, 5.74) is 6.02. The largest absolute Gasteiger partial charge is 0.329 e. The molecule has 0 atom stereocenters. The van der Waals surface area contributed by atoms with Crippen LogP contribution in [0.1, 0.15) is 91.9 Å². The van der Waals surface area contributed by atoms with Gasteiger partial charge in [-0.3, -0.25) is 4.90 Å². The first-order chi connectivity index (χ1) is 9.58. The summed E-state index contributed by atoms with van der Waals surface area (Å²) in [6.45, 7) is 12.1. The van der Waals surface area contributed by atoms with E-state index >= 15 is 0 Å². The van der Waals surface area contributed by atoms with Gasteiger partial charge in [0.2, 0.25) is 0 Å². The maximum atomic E-state index is 5.86. The summed E-state index contributed by atoms with van der Waals surface area (Å²) < 4.78 is 0. The van der Waals surface area contributed by atoms with Crippen LogP contribution >= 0.6 is 0 Å². The maximum Gasteiger partial charge on any atom is 0.0275 e. The molecule has 2 N–H and O–H groups in total. The van der Waals surface area contributed by atoms with E-state index in [1.165, 1.54) is 70.8 Å².